The quantitative estimate of drug-likeness (QED) is 0.685. The number of aromatic nitrogens is 2. The summed E-state index contributed by atoms with van der Waals surface area (Å²) in [6.07, 6.45) is 0.697. The highest BCUT2D eigenvalue weighted by Crippen LogP contribution is 2.22. The van der Waals surface area contributed by atoms with Gasteiger partial charge in [-0.25, -0.2) is 9.48 Å². The van der Waals surface area contributed by atoms with Crippen LogP contribution in [0.1, 0.15) is 28.5 Å². The molecule has 1 atom stereocenters. The van der Waals surface area contributed by atoms with E-state index in [0.717, 1.165) is 11.4 Å². The third-order valence-electron chi connectivity index (χ3n) is 3.85. The zero-order chi connectivity index (χ0) is 19.4. The highest BCUT2D eigenvalue weighted by molar-refractivity contribution is 7.14. The number of thiophene rings is 1. The van der Waals surface area contributed by atoms with E-state index in [1.54, 1.807) is 46.6 Å². The predicted molar refractivity (Wildman–Crippen MR) is 101 cm³/mol. The SMILES string of the molecule is Cc1ccnn1-c1ccc(C(=O)O[C@H](C)C(=O)Nc2sccc2C#N)cc1. The molecule has 1 aromatic carbocycles. The number of benzene rings is 1. The van der Waals surface area contributed by atoms with E-state index >= 15 is 0 Å². The van der Waals surface area contributed by atoms with Gasteiger partial charge in [0.25, 0.3) is 5.91 Å². The van der Waals surface area contributed by atoms with Crippen molar-refractivity contribution in [2.24, 2.45) is 0 Å². The monoisotopic (exact) mass is 380 g/mol. The molecule has 2 aromatic heterocycles. The van der Waals surface area contributed by atoms with Crippen LogP contribution in [0.2, 0.25) is 0 Å². The third-order valence-corrected chi connectivity index (χ3v) is 4.68. The molecule has 0 bridgehead atoms. The molecule has 0 unspecified atom stereocenters. The van der Waals surface area contributed by atoms with Crippen molar-refractivity contribution >= 4 is 28.2 Å². The van der Waals surface area contributed by atoms with Gasteiger partial charge in [0.2, 0.25) is 0 Å². The van der Waals surface area contributed by atoms with Crippen molar-refractivity contribution in [1.29, 1.82) is 5.26 Å². The smallest absolute Gasteiger partial charge is 0.338 e. The lowest BCUT2D eigenvalue weighted by Gasteiger charge is -2.13. The first kappa shape index (κ1) is 18.4. The zero-order valence-electron chi connectivity index (χ0n) is 14.7. The first-order chi connectivity index (χ1) is 13.0. The van der Waals surface area contributed by atoms with Gasteiger partial charge in [0.1, 0.15) is 11.1 Å². The Hall–Kier alpha value is -3.44. The van der Waals surface area contributed by atoms with Crippen LogP contribution >= 0.6 is 11.3 Å². The number of nitrogens with zero attached hydrogens (tertiary/aromatic N) is 3. The number of hydrogen-bond donors (Lipinski definition) is 1. The van der Waals surface area contributed by atoms with E-state index in [0.29, 0.717) is 16.1 Å². The number of anilines is 1. The lowest BCUT2D eigenvalue weighted by Crippen LogP contribution is -2.29. The number of ether oxygens (including phenoxy) is 1. The molecule has 0 saturated carbocycles. The molecule has 7 nitrogen and oxygen atoms in total. The molecular weight excluding hydrogens is 364 g/mol. The molecule has 3 rings (SSSR count). The Kier molecular flexibility index (Phi) is 5.33. The van der Waals surface area contributed by atoms with Crippen molar-refractivity contribution in [3.8, 4) is 11.8 Å². The third kappa shape index (κ3) is 4.04. The van der Waals surface area contributed by atoms with Crippen molar-refractivity contribution in [2.45, 2.75) is 20.0 Å². The molecule has 8 heteroatoms. The Bertz CT molecular complexity index is 1010. The molecule has 0 spiro atoms. The number of carbonyl (C=O) groups is 2. The highest BCUT2D eigenvalue weighted by Gasteiger charge is 2.20. The van der Waals surface area contributed by atoms with Crippen LogP contribution in [-0.2, 0) is 9.53 Å². The van der Waals surface area contributed by atoms with Crippen molar-refractivity contribution < 1.29 is 14.3 Å². The summed E-state index contributed by atoms with van der Waals surface area (Å²) in [5.74, 6) is -1.10. The number of amides is 1. The summed E-state index contributed by atoms with van der Waals surface area (Å²) in [7, 11) is 0. The molecule has 2 heterocycles. The Labute approximate surface area is 159 Å². The Morgan fingerprint density at radius 1 is 1.26 bits per heavy atom. The minimum Gasteiger partial charge on any atom is -0.449 e. The van der Waals surface area contributed by atoms with E-state index in [9.17, 15) is 9.59 Å². The standard InChI is InChI=1S/C19H16N4O3S/c1-12-7-9-21-23(12)16-5-3-14(4-6-16)19(25)26-13(2)17(24)22-18-15(11-20)8-10-27-18/h3-10,13H,1-2H3,(H,22,24)/t13-/m1/s1. The zero-order valence-corrected chi connectivity index (χ0v) is 15.5. The Morgan fingerprint density at radius 2 is 2.00 bits per heavy atom. The maximum Gasteiger partial charge on any atom is 0.338 e. The van der Waals surface area contributed by atoms with Gasteiger partial charge < -0.3 is 10.1 Å². The molecule has 0 radical (unpaired) electrons. The molecule has 27 heavy (non-hydrogen) atoms. The van der Waals surface area contributed by atoms with Gasteiger partial charge >= 0.3 is 5.97 Å². The summed E-state index contributed by atoms with van der Waals surface area (Å²) in [5.41, 5.74) is 2.50. The maximum atomic E-state index is 12.3. The van der Waals surface area contributed by atoms with Crippen LogP contribution < -0.4 is 5.32 Å². The van der Waals surface area contributed by atoms with Crippen LogP contribution in [0.3, 0.4) is 0 Å². The minimum absolute atomic E-state index is 0.331. The summed E-state index contributed by atoms with van der Waals surface area (Å²) in [6.45, 7) is 3.41. The maximum absolute atomic E-state index is 12.3. The fourth-order valence-corrected chi connectivity index (χ4v) is 3.11. The van der Waals surface area contributed by atoms with E-state index in [1.807, 2.05) is 19.1 Å². The van der Waals surface area contributed by atoms with E-state index in [-0.39, 0.29) is 0 Å². The lowest BCUT2D eigenvalue weighted by atomic mass is 10.2. The van der Waals surface area contributed by atoms with Crippen LogP contribution in [0.5, 0.6) is 0 Å². The number of esters is 1. The van der Waals surface area contributed by atoms with Crippen molar-refractivity contribution in [2.75, 3.05) is 5.32 Å². The summed E-state index contributed by atoms with van der Waals surface area (Å²) >= 11 is 1.23. The second-order valence-electron chi connectivity index (χ2n) is 5.74. The van der Waals surface area contributed by atoms with Crippen LogP contribution in [0.15, 0.2) is 48.0 Å². The van der Waals surface area contributed by atoms with Gasteiger partial charge in [-0.3, -0.25) is 4.79 Å². The molecule has 0 fully saturated rings. The molecule has 0 aliphatic heterocycles. The van der Waals surface area contributed by atoms with Crippen molar-refractivity contribution in [1.82, 2.24) is 9.78 Å². The van der Waals surface area contributed by atoms with Crippen LogP contribution in [0.25, 0.3) is 5.69 Å². The van der Waals surface area contributed by atoms with Crippen molar-refractivity contribution in [3.63, 3.8) is 0 Å². The number of nitriles is 1. The average molecular weight is 380 g/mol. The Morgan fingerprint density at radius 3 is 2.63 bits per heavy atom. The van der Waals surface area contributed by atoms with E-state index in [4.69, 9.17) is 10.00 Å². The minimum atomic E-state index is -1.00. The second kappa shape index (κ2) is 7.85. The van der Waals surface area contributed by atoms with Crippen LogP contribution in [-0.4, -0.2) is 27.8 Å². The summed E-state index contributed by atoms with van der Waals surface area (Å²) in [5, 5.41) is 17.9. The first-order valence-corrected chi connectivity index (χ1v) is 8.98. The molecule has 1 amide bonds. The highest BCUT2D eigenvalue weighted by atomic mass is 32.1. The largest absolute Gasteiger partial charge is 0.449 e. The van der Waals surface area contributed by atoms with E-state index in [2.05, 4.69) is 10.4 Å². The van der Waals surface area contributed by atoms with Crippen molar-refractivity contribution in [3.05, 3.63) is 64.8 Å². The van der Waals surface area contributed by atoms with E-state index < -0.39 is 18.0 Å². The van der Waals surface area contributed by atoms with Crippen LogP contribution in [0.4, 0.5) is 5.00 Å². The molecular formula is C19H16N4O3S. The van der Waals surface area contributed by atoms with Gasteiger partial charge in [-0.1, -0.05) is 0 Å². The van der Waals surface area contributed by atoms with Gasteiger partial charge in [-0.15, -0.1) is 11.3 Å². The van der Waals surface area contributed by atoms with Gasteiger partial charge in [0.05, 0.1) is 16.8 Å². The topological polar surface area (TPSA) is 97.0 Å². The number of carbonyl (C=O) groups excluding carboxylic acids is 2. The van der Waals surface area contributed by atoms with Gasteiger partial charge in [-0.05, 0) is 55.6 Å². The summed E-state index contributed by atoms with van der Waals surface area (Å²) < 4.78 is 6.97. The fourth-order valence-electron chi connectivity index (χ4n) is 2.37. The molecule has 3 aromatic rings. The molecule has 0 aliphatic carbocycles. The average Bonchev–Trinajstić information content (AvgIpc) is 3.30. The summed E-state index contributed by atoms with van der Waals surface area (Å²) in [6, 6.07) is 12.2. The van der Waals surface area contributed by atoms with Gasteiger partial charge in [0.15, 0.2) is 6.10 Å². The second-order valence-corrected chi connectivity index (χ2v) is 6.66. The predicted octanol–water partition coefficient (Wildman–Crippen LogP) is 3.30. The molecule has 1 N–H and O–H groups in total. The molecule has 0 saturated heterocycles. The fraction of sp³-hybridized carbons (Fsp3) is 0.158. The lowest BCUT2D eigenvalue weighted by molar-refractivity contribution is -0.123. The van der Waals surface area contributed by atoms with Crippen LogP contribution in [0, 0.1) is 18.3 Å². The van der Waals surface area contributed by atoms with Gasteiger partial charge in [0, 0.05) is 11.9 Å². The van der Waals surface area contributed by atoms with Gasteiger partial charge in [-0.2, -0.15) is 10.4 Å². The number of hydrogen-bond acceptors (Lipinski definition) is 6. The number of nitrogens with one attached hydrogen (secondary N) is 1. The normalized spacial score (nSPS) is 11.4. The number of aryl methyl sites for hydroxylation is 1. The summed E-state index contributed by atoms with van der Waals surface area (Å²) in [4.78, 5) is 24.5. The molecule has 136 valence electrons. The first-order valence-electron chi connectivity index (χ1n) is 8.10. The van der Waals surface area contributed by atoms with E-state index in [1.165, 1.54) is 18.3 Å². The Balaban J connectivity index is 1.63. The number of rotatable bonds is 5. The molecule has 0 aliphatic rings.